The van der Waals surface area contributed by atoms with Crippen LogP contribution in [0.2, 0.25) is 0 Å². The molecule has 140 valence electrons. The van der Waals surface area contributed by atoms with Crippen LogP contribution >= 0.6 is 0 Å². The number of nitriles is 1. The maximum absolute atomic E-state index is 10.9. The second-order valence-electron chi connectivity index (χ2n) is 8.61. The molecule has 1 aromatic rings. The third-order valence-corrected chi connectivity index (χ3v) is 6.55. The summed E-state index contributed by atoms with van der Waals surface area (Å²) in [5.41, 5.74) is 3.58. The van der Waals surface area contributed by atoms with Gasteiger partial charge in [-0.15, -0.1) is 0 Å². The van der Waals surface area contributed by atoms with Gasteiger partial charge in [0.15, 0.2) is 0 Å². The molecule has 26 heavy (non-hydrogen) atoms. The molecule has 0 radical (unpaired) electrons. The Morgan fingerprint density at radius 1 is 1.23 bits per heavy atom. The van der Waals surface area contributed by atoms with Crippen LogP contribution in [0.1, 0.15) is 75.8 Å². The van der Waals surface area contributed by atoms with Crippen LogP contribution in [0.4, 0.5) is 5.69 Å². The van der Waals surface area contributed by atoms with Crippen molar-refractivity contribution in [2.75, 3.05) is 18.0 Å². The lowest BCUT2D eigenvalue weighted by Gasteiger charge is -2.46. The van der Waals surface area contributed by atoms with Gasteiger partial charge in [0.25, 0.3) is 0 Å². The second kappa shape index (κ2) is 7.70. The van der Waals surface area contributed by atoms with Crippen LogP contribution < -0.4 is 4.90 Å². The normalized spacial score (nSPS) is 20.3. The van der Waals surface area contributed by atoms with Gasteiger partial charge in [-0.25, -0.2) is 0 Å². The number of carboxylic acids is 1. The molecule has 0 bridgehead atoms. The number of benzene rings is 1. The van der Waals surface area contributed by atoms with E-state index < -0.39 is 5.97 Å². The molecule has 1 aliphatic heterocycles. The summed E-state index contributed by atoms with van der Waals surface area (Å²) >= 11 is 0. The molecule has 1 aliphatic carbocycles. The zero-order chi connectivity index (χ0) is 18.7. The van der Waals surface area contributed by atoms with E-state index in [1.54, 1.807) is 0 Å². The first kappa shape index (κ1) is 18.8. The molecule has 0 amide bonds. The van der Waals surface area contributed by atoms with E-state index >= 15 is 0 Å². The third kappa shape index (κ3) is 4.20. The molecule has 2 aliphatic rings. The minimum atomic E-state index is -0.654. The number of anilines is 1. The molecule has 0 aromatic heterocycles. The first-order valence-electron chi connectivity index (χ1n) is 9.93. The van der Waals surface area contributed by atoms with Gasteiger partial charge in [-0.2, -0.15) is 5.26 Å². The van der Waals surface area contributed by atoms with E-state index in [4.69, 9.17) is 5.11 Å². The maximum atomic E-state index is 10.9. The Bertz CT molecular complexity index is 687. The Morgan fingerprint density at radius 2 is 1.88 bits per heavy atom. The molecule has 0 unspecified atom stereocenters. The molecule has 1 saturated heterocycles. The highest BCUT2D eigenvalue weighted by molar-refractivity contribution is 5.67. The van der Waals surface area contributed by atoms with Gasteiger partial charge in [0, 0.05) is 25.2 Å². The number of aliphatic carboxylic acids is 1. The lowest BCUT2D eigenvalue weighted by molar-refractivity contribution is -0.138. The van der Waals surface area contributed by atoms with Crippen molar-refractivity contribution in [1.82, 2.24) is 0 Å². The van der Waals surface area contributed by atoms with Crippen LogP contribution in [0.5, 0.6) is 0 Å². The van der Waals surface area contributed by atoms with Gasteiger partial charge in [0.2, 0.25) is 0 Å². The monoisotopic (exact) mass is 354 g/mol. The highest BCUT2D eigenvalue weighted by Crippen LogP contribution is 2.47. The number of carbonyl (C=O) groups is 1. The van der Waals surface area contributed by atoms with Crippen molar-refractivity contribution in [3.05, 3.63) is 29.3 Å². The molecule has 1 aromatic carbocycles. The van der Waals surface area contributed by atoms with Gasteiger partial charge in [0.05, 0.1) is 11.6 Å². The van der Waals surface area contributed by atoms with Crippen molar-refractivity contribution in [1.29, 1.82) is 5.26 Å². The van der Waals surface area contributed by atoms with Gasteiger partial charge in [-0.3, -0.25) is 4.79 Å². The highest BCUT2D eigenvalue weighted by Gasteiger charge is 2.38. The summed E-state index contributed by atoms with van der Waals surface area (Å²) in [4.78, 5) is 13.4. The van der Waals surface area contributed by atoms with Crippen molar-refractivity contribution >= 4 is 11.7 Å². The van der Waals surface area contributed by atoms with Gasteiger partial charge < -0.3 is 10.0 Å². The molecular formula is C22H30N2O2. The number of hydrogen-bond acceptors (Lipinski definition) is 3. The van der Waals surface area contributed by atoms with Crippen molar-refractivity contribution in [2.24, 2.45) is 11.3 Å². The van der Waals surface area contributed by atoms with Crippen LogP contribution in [0.25, 0.3) is 0 Å². The Morgan fingerprint density at radius 3 is 2.42 bits per heavy atom. The summed E-state index contributed by atoms with van der Waals surface area (Å²) in [6.07, 6.45) is 7.17. The number of hydrogen-bond donors (Lipinski definition) is 1. The van der Waals surface area contributed by atoms with Gasteiger partial charge in [0.1, 0.15) is 0 Å². The van der Waals surface area contributed by atoms with E-state index in [1.165, 1.54) is 36.9 Å². The molecule has 1 spiro atoms. The summed E-state index contributed by atoms with van der Waals surface area (Å²) in [6, 6.07) is 8.57. The Hall–Kier alpha value is -2.02. The third-order valence-electron chi connectivity index (χ3n) is 6.55. The minimum absolute atomic E-state index is 0.334. The predicted molar refractivity (Wildman–Crippen MR) is 103 cm³/mol. The van der Waals surface area contributed by atoms with Gasteiger partial charge in [-0.05, 0) is 79.5 Å². The van der Waals surface area contributed by atoms with E-state index in [9.17, 15) is 10.1 Å². The maximum Gasteiger partial charge on any atom is 0.303 e. The quantitative estimate of drug-likeness (QED) is 0.832. The number of carboxylic acid groups (broad SMARTS) is 1. The smallest absolute Gasteiger partial charge is 0.303 e. The van der Waals surface area contributed by atoms with Crippen LogP contribution in [-0.4, -0.2) is 24.2 Å². The van der Waals surface area contributed by atoms with E-state index in [-0.39, 0.29) is 0 Å². The van der Waals surface area contributed by atoms with E-state index in [1.807, 2.05) is 12.1 Å². The lowest BCUT2D eigenvalue weighted by Crippen LogP contribution is -2.42. The molecule has 0 atom stereocenters. The topological polar surface area (TPSA) is 64.3 Å². The fourth-order valence-electron chi connectivity index (χ4n) is 4.70. The van der Waals surface area contributed by atoms with E-state index in [0.717, 1.165) is 31.5 Å². The molecule has 4 heteroatoms. The second-order valence-corrected chi connectivity index (χ2v) is 8.61. The molecule has 1 saturated carbocycles. The van der Waals surface area contributed by atoms with Crippen molar-refractivity contribution in [2.45, 2.75) is 64.7 Å². The zero-order valence-electron chi connectivity index (χ0n) is 16.0. The average Bonchev–Trinajstić information content (AvgIpc) is 2.63. The Labute approximate surface area is 156 Å². The number of piperidine rings is 1. The van der Waals surface area contributed by atoms with E-state index in [2.05, 4.69) is 30.9 Å². The summed E-state index contributed by atoms with van der Waals surface area (Å²) in [6.45, 7) is 6.41. The molecular weight excluding hydrogens is 324 g/mol. The standard InChI is InChI=1S/C22H30N2O2/c1-16(2)19-11-18(15-23)12-20(14-19)24-9-7-22(8-10-24)5-3-17(4-6-22)13-21(25)26/h11-12,14,16-17H,3-10,13H2,1-2H3,(H,25,26). The summed E-state index contributed by atoms with van der Waals surface area (Å²) in [7, 11) is 0. The van der Waals surface area contributed by atoms with E-state index in [0.29, 0.717) is 23.7 Å². The molecule has 2 fully saturated rings. The molecule has 4 nitrogen and oxygen atoms in total. The summed E-state index contributed by atoms with van der Waals surface area (Å²) in [5, 5.41) is 18.3. The first-order valence-corrected chi connectivity index (χ1v) is 9.93. The summed E-state index contributed by atoms with van der Waals surface area (Å²) in [5.74, 6) is 0.138. The molecule has 1 heterocycles. The lowest BCUT2D eigenvalue weighted by atomic mass is 9.65. The molecule has 1 N–H and O–H groups in total. The van der Waals surface area contributed by atoms with Crippen molar-refractivity contribution in [3.8, 4) is 6.07 Å². The Kier molecular flexibility index (Phi) is 5.55. The van der Waals surface area contributed by atoms with Crippen LogP contribution in [0.3, 0.4) is 0 Å². The fourth-order valence-corrected chi connectivity index (χ4v) is 4.70. The van der Waals surface area contributed by atoms with Crippen LogP contribution in [-0.2, 0) is 4.79 Å². The van der Waals surface area contributed by atoms with Crippen molar-refractivity contribution in [3.63, 3.8) is 0 Å². The van der Waals surface area contributed by atoms with Crippen molar-refractivity contribution < 1.29 is 9.90 Å². The fraction of sp³-hybridized carbons (Fsp3) is 0.636. The van der Waals surface area contributed by atoms with Gasteiger partial charge >= 0.3 is 5.97 Å². The minimum Gasteiger partial charge on any atom is -0.481 e. The van der Waals surface area contributed by atoms with Crippen LogP contribution in [0.15, 0.2) is 18.2 Å². The Balaban J connectivity index is 1.63. The average molecular weight is 354 g/mol. The molecule has 3 rings (SSSR count). The SMILES string of the molecule is CC(C)c1cc(C#N)cc(N2CCC3(CCC(CC(=O)O)CC3)CC2)c1. The highest BCUT2D eigenvalue weighted by atomic mass is 16.4. The van der Waals surface area contributed by atoms with Gasteiger partial charge in [-0.1, -0.05) is 13.8 Å². The predicted octanol–water partition coefficient (Wildman–Crippen LogP) is 4.93. The number of rotatable bonds is 4. The first-order chi connectivity index (χ1) is 12.4. The van der Waals surface area contributed by atoms with Crippen LogP contribution in [0, 0.1) is 22.7 Å². The zero-order valence-corrected chi connectivity index (χ0v) is 16.0. The summed E-state index contributed by atoms with van der Waals surface area (Å²) < 4.78 is 0. The largest absolute Gasteiger partial charge is 0.481 e. The number of nitrogens with zero attached hydrogens (tertiary/aromatic N) is 2.